The molecule has 0 radical (unpaired) electrons. The maximum absolute atomic E-state index is 11.3. The predicted octanol–water partition coefficient (Wildman–Crippen LogP) is 1.52. The predicted molar refractivity (Wildman–Crippen MR) is 81.0 cm³/mol. The Bertz CT molecular complexity index is 659. The Balaban J connectivity index is 1.76. The SMILES string of the molecule is C=CC(=O)Nc1ccc2nc(CN3CCOCC3)[nH]c2c1. The van der Waals surface area contributed by atoms with Crippen LogP contribution in [-0.4, -0.2) is 47.1 Å². The monoisotopic (exact) mass is 286 g/mol. The molecule has 0 aliphatic carbocycles. The van der Waals surface area contributed by atoms with Gasteiger partial charge in [-0.1, -0.05) is 6.58 Å². The van der Waals surface area contributed by atoms with E-state index in [1.165, 1.54) is 6.08 Å². The molecule has 1 aromatic heterocycles. The lowest BCUT2D eigenvalue weighted by Crippen LogP contribution is -2.35. The molecule has 2 N–H and O–H groups in total. The fourth-order valence-electron chi connectivity index (χ4n) is 2.38. The first-order chi connectivity index (χ1) is 10.2. The number of morpholine rings is 1. The molecule has 6 heteroatoms. The van der Waals surface area contributed by atoms with Gasteiger partial charge in [-0.05, 0) is 24.3 Å². The normalized spacial score (nSPS) is 16.0. The summed E-state index contributed by atoms with van der Waals surface area (Å²) < 4.78 is 5.34. The van der Waals surface area contributed by atoms with Crippen LogP contribution in [0.25, 0.3) is 11.0 Å². The molecular formula is C15H18N4O2. The van der Waals surface area contributed by atoms with E-state index in [-0.39, 0.29) is 5.91 Å². The molecule has 0 bridgehead atoms. The van der Waals surface area contributed by atoms with Gasteiger partial charge in [0.25, 0.3) is 0 Å². The second-order valence-corrected chi connectivity index (χ2v) is 5.00. The van der Waals surface area contributed by atoms with Crippen molar-refractivity contribution in [2.45, 2.75) is 6.54 Å². The zero-order valence-electron chi connectivity index (χ0n) is 11.8. The quantitative estimate of drug-likeness (QED) is 0.836. The van der Waals surface area contributed by atoms with Crippen LogP contribution in [0.5, 0.6) is 0 Å². The fourth-order valence-corrected chi connectivity index (χ4v) is 2.38. The minimum absolute atomic E-state index is 0.220. The summed E-state index contributed by atoms with van der Waals surface area (Å²) in [4.78, 5) is 21.5. The number of H-pyrrole nitrogens is 1. The molecule has 110 valence electrons. The summed E-state index contributed by atoms with van der Waals surface area (Å²) >= 11 is 0. The summed E-state index contributed by atoms with van der Waals surface area (Å²) in [7, 11) is 0. The van der Waals surface area contributed by atoms with Crippen LogP contribution in [0.4, 0.5) is 5.69 Å². The third-order valence-corrected chi connectivity index (χ3v) is 3.46. The Morgan fingerprint density at radius 1 is 1.48 bits per heavy atom. The summed E-state index contributed by atoms with van der Waals surface area (Å²) in [5, 5.41) is 2.74. The molecule has 1 fully saturated rings. The van der Waals surface area contributed by atoms with E-state index < -0.39 is 0 Å². The maximum atomic E-state index is 11.3. The maximum Gasteiger partial charge on any atom is 0.247 e. The van der Waals surface area contributed by atoms with Crippen molar-refractivity contribution in [3.63, 3.8) is 0 Å². The lowest BCUT2D eigenvalue weighted by molar-refractivity contribution is -0.111. The molecule has 1 saturated heterocycles. The Hall–Kier alpha value is -2.18. The number of rotatable bonds is 4. The van der Waals surface area contributed by atoms with Crippen molar-refractivity contribution in [2.24, 2.45) is 0 Å². The molecule has 1 aromatic carbocycles. The molecule has 1 amide bonds. The molecule has 1 aliphatic heterocycles. The number of anilines is 1. The van der Waals surface area contributed by atoms with Gasteiger partial charge in [0.1, 0.15) is 5.82 Å². The number of carbonyl (C=O) groups excluding carboxylic acids is 1. The molecular weight excluding hydrogens is 268 g/mol. The third kappa shape index (κ3) is 3.29. The van der Waals surface area contributed by atoms with Crippen LogP contribution >= 0.6 is 0 Å². The minimum Gasteiger partial charge on any atom is -0.379 e. The molecule has 0 unspecified atom stereocenters. The first-order valence-corrected chi connectivity index (χ1v) is 6.97. The number of ether oxygens (including phenoxy) is 1. The smallest absolute Gasteiger partial charge is 0.247 e. The van der Waals surface area contributed by atoms with Crippen LogP contribution in [0.3, 0.4) is 0 Å². The number of carbonyl (C=O) groups is 1. The highest BCUT2D eigenvalue weighted by Crippen LogP contribution is 2.18. The van der Waals surface area contributed by atoms with Gasteiger partial charge in [0, 0.05) is 18.8 Å². The van der Waals surface area contributed by atoms with E-state index in [0.717, 1.165) is 55.4 Å². The van der Waals surface area contributed by atoms with Gasteiger partial charge in [-0.25, -0.2) is 4.98 Å². The highest BCUT2D eigenvalue weighted by atomic mass is 16.5. The lowest BCUT2D eigenvalue weighted by atomic mass is 10.3. The first kappa shape index (κ1) is 13.8. The van der Waals surface area contributed by atoms with Gasteiger partial charge in [0.15, 0.2) is 0 Å². The third-order valence-electron chi connectivity index (χ3n) is 3.46. The number of nitrogens with one attached hydrogen (secondary N) is 2. The molecule has 0 spiro atoms. The number of hydrogen-bond acceptors (Lipinski definition) is 4. The van der Waals surface area contributed by atoms with Crippen molar-refractivity contribution in [2.75, 3.05) is 31.6 Å². The summed E-state index contributed by atoms with van der Waals surface area (Å²) in [5.41, 5.74) is 2.55. The van der Waals surface area contributed by atoms with E-state index in [1.807, 2.05) is 18.2 Å². The van der Waals surface area contributed by atoms with Crippen molar-refractivity contribution in [3.8, 4) is 0 Å². The van der Waals surface area contributed by atoms with Gasteiger partial charge < -0.3 is 15.0 Å². The van der Waals surface area contributed by atoms with Crippen LogP contribution in [-0.2, 0) is 16.1 Å². The number of hydrogen-bond donors (Lipinski definition) is 2. The van der Waals surface area contributed by atoms with E-state index in [1.54, 1.807) is 0 Å². The number of fused-ring (bicyclic) bond motifs is 1. The fraction of sp³-hybridized carbons (Fsp3) is 0.333. The highest BCUT2D eigenvalue weighted by molar-refractivity contribution is 5.99. The van der Waals surface area contributed by atoms with Crippen LogP contribution in [0.2, 0.25) is 0 Å². The molecule has 3 rings (SSSR count). The van der Waals surface area contributed by atoms with Gasteiger partial charge in [-0.3, -0.25) is 9.69 Å². The molecule has 1 aliphatic rings. The van der Waals surface area contributed by atoms with Gasteiger partial charge in [0.2, 0.25) is 5.91 Å². The van der Waals surface area contributed by atoms with E-state index >= 15 is 0 Å². The summed E-state index contributed by atoms with van der Waals surface area (Å²) in [5.74, 6) is 0.710. The van der Waals surface area contributed by atoms with Gasteiger partial charge in [0.05, 0.1) is 30.8 Å². The summed E-state index contributed by atoms with van der Waals surface area (Å²) in [6.45, 7) is 7.63. The van der Waals surface area contributed by atoms with Crippen LogP contribution in [0.15, 0.2) is 30.9 Å². The number of aromatic nitrogens is 2. The number of aromatic amines is 1. The Morgan fingerprint density at radius 3 is 3.05 bits per heavy atom. The molecule has 2 heterocycles. The number of imidazole rings is 1. The van der Waals surface area contributed by atoms with Crippen molar-refractivity contribution in [3.05, 3.63) is 36.7 Å². The van der Waals surface area contributed by atoms with Crippen molar-refractivity contribution < 1.29 is 9.53 Å². The average Bonchev–Trinajstić information content (AvgIpc) is 2.89. The summed E-state index contributed by atoms with van der Waals surface area (Å²) in [6.07, 6.45) is 1.25. The van der Waals surface area contributed by atoms with Gasteiger partial charge >= 0.3 is 0 Å². The highest BCUT2D eigenvalue weighted by Gasteiger charge is 2.13. The Morgan fingerprint density at radius 2 is 2.29 bits per heavy atom. The molecule has 21 heavy (non-hydrogen) atoms. The largest absolute Gasteiger partial charge is 0.379 e. The van der Waals surface area contributed by atoms with E-state index in [4.69, 9.17) is 4.74 Å². The van der Waals surface area contributed by atoms with Crippen LogP contribution in [0.1, 0.15) is 5.82 Å². The number of nitrogens with zero attached hydrogens (tertiary/aromatic N) is 2. The molecule has 0 saturated carbocycles. The zero-order chi connectivity index (χ0) is 14.7. The topological polar surface area (TPSA) is 70.2 Å². The average molecular weight is 286 g/mol. The first-order valence-electron chi connectivity index (χ1n) is 6.97. The Labute approximate surface area is 122 Å². The van der Waals surface area contributed by atoms with E-state index in [9.17, 15) is 4.79 Å². The van der Waals surface area contributed by atoms with Crippen molar-refractivity contribution in [1.82, 2.24) is 14.9 Å². The van der Waals surface area contributed by atoms with Crippen molar-refractivity contribution in [1.29, 1.82) is 0 Å². The Kier molecular flexibility index (Phi) is 3.98. The van der Waals surface area contributed by atoms with Crippen LogP contribution in [0, 0.1) is 0 Å². The molecule has 0 atom stereocenters. The van der Waals surface area contributed by atoms with Crippen LogP contribution < -0.4 is 5.32 Å². The zero-order valence-corrected chi connectivity index (χ0v) is 11.8. The second-order valence-electron chi connectivity index (χ2n) is 5.00. The molecule has 6 nitrogen and oxygen atoms in total. The minimum atomic E-state index is -0.220. The number of benzene rings is 1. The second kappa shape index (κ2) is 6.07. The van der Waals surface area contributed by atoms with Crippen molar-refractivity contribution >= 4 is 22.6 Å². The standard InChI is InChI=1S/C15H18N4O2/c1-2-15(20)16-11-3-4-12-13(9-11)18-14(17-12)10-19-5-7-21-8-6-19/h2-4,9H,1,5-8,10H2,(H,16,20)(H,17,18). The van der Waals surface area contributed by atoms with E-state index in [0.29, 0.717) is 0 Å². The van der Waals surface area contributed by atoms with Gasteiger partial charge in [-0.2, -0.15) is 0 Å². The van der Waals surface area contributed by atoms with E-state index in [2.05, 4.69) is 26.8 Å². The number of amides is 1. The van der Waals surface area contributed by atoms with Gasteiger partial charge in [-0.15, -0.1) is 0 Å². The summed E-state index contributed by atoms with van der Waals surface area (Å²) in [6, 6.07) is 5.61. The molecule has 2 aromatic rings. The lowest BCUT2D eigenvalue weighted by Gasteiger charge is -2.25.